The van der Waals surface area contributed by atoms with Crippen molar-refractivity contribution in [2.75, 3.05) is 7.11 Å². The third-order valence-corrected chi connectivity index (χ3v) is 3.77. The maximum Gasteiger partial charge on any atom is 0.308 e. The van der Waals surface area contributed by atoms with Gasteiger partial charge in [0.05, 0.1) is 13.0 Å². The number of methoxy groups -OCH3 is 1. The normalized spacial score (nSPS) is 43.2. The third-order valence-electron chi connectivity index (χ3n) is 3.77. The van der Waals surface area contributed by atoms with E-state index in [1.807, 2.05) is 0 Å². The molecule has 13 heavy (non-hydrogen) atoms. The molecule has 0 aromatic heterocycles. The first-order valence-electron chi connectivity index (χ1n) is 5.01. The first kappa shape index (κ1) is 9.00. The highest BCUT2D eigenvalue weighted by atomic mass is 16.5. The summed E-state index contributed by atoms with van der Waals surface area (Å²) in [5.74, 6) is 0.104. The summed E-state index contributed by atoms with van der Waals surface area (Å²) in [4.78, 5) is 11.2. The van der Waals surface area contributed by atoms with Gasteiger partial charge in [0.1, 0.15) is 0 Å². The van der Waals surface area contributed by atoms with Gasteiger partial charge in [0, 0.05) is 6.04 Å². The molecule has 2 fully saturated rings. The Balaban J connectivity index is 1.86. The smallest absolute Gasteiger partial charge is 0.308 e. The maximum absolute atomic E-state index is 11.2. The van der Waals surface area contributed by atoms with E-state index in [9.17, 15) is 4.79 Å². The summed E-state index contributed by atoms with van der Waals surface area (Å²) in [7, 11) is 1.47. The lowest BCUT2D eigenvalue weighted by atomic mass is 9.79. The molecule has 0 aromatic rings. The zero-order valence-corrected chi connectivity index (χ0v) is 8.08. The predicted molar refractivity (Wildman–Crippen MR) is 49.0 cm³/mol. The van der Waals surface area contributed by atoms with Gasteiger partial charge in [-0.1, -0.05) is 0 Å². The number of rotatable bonds is 1. The van der Waals surface area contributed by atoms with Crippen LogP contribution in [0.15, 0.2) is 0 Å². The van der Waals surface area contributed by atoms with E-state index in [0.29, 0.717) is 11.5 Å². The van der Waals surface area contributed by atoms with Gasteiger partial charge in [-0.25, -0.2) is 0 Å². The molecular formula is C10H17NO2. The van der Waals surface area contributed by atoms with Crippen molar-refractivity contribution in [2.24, 2.45) is 17.1 Å². The molecule has 2 N–H and O–H groups in total. The second-order valence-electron chi connectivity index (χ2n) is 4.47. The summed E-state index contributed by atoms with van der Waals surface area (Å²) in [6.45, 7) is 0. The van der Waals surface area contributed by atoms with Crippen LogP contribution in [0.1, 0.15) is 32.1 Å². The molecule has 0 radical (unpaired) electrons. The van der Waals surface area contributed by atoms with E-state index in [0.717, 1.165) is 25.7 Å². The van der Waals surface area contributed by atoms with E-state index in [1.165, 1.54) is 13.5 Å². The molecule has 1 spiro atoms. The lowest BCUT2D eigenvalue weighted by Gasteiger charge is -2.27. The fourth-order valence-electron chi connectivity index (χ4n) is 2.55. The summed E-state index contributed by atoms with van der Waals surface area (Å²) < 4.78 is 4.73. The van der Waals surface area contributed by atoms with E-state index in [-0.39, 0.29) is 11.9 Å². The number of ether oxygens (including phenoxy) is 1. The standard InChI is InChI=1S/C10H17NO2/c1-13-9(12)7-2-4-10(5-3-7)6-8(10)11/h7-8H,2-6,11H2,1H3. The van der Waals surface area contributed by atoms with Crippen LogP contribution < -0.4 is 5.73 Å². The molecule has 3 nitrogen and oxygen atoms in total. The third kappa shape index (κ3) is 1.46. The Morgan fingerprint density at radius 3 is 2.38 bits per heavy atom. The van der Waals surface area contributed by atoms with E-state index >= 15 is 0 Å². The molecule has 3 heteroatoms. The van der Waals surface area contributed by atoms with Gasteiger partial charge in [0.25, 0.3) is 0 Å². The van der Waals surface area contributed by atoms with Crippen molar-refractivity contribution in [1.29, 1.82) is 0 Å². The van der Waals surface area contributed by atoms with Crippen molar-refractivity contribution in [3.05, 3.63) is 0 Å². The molecule has 1 atom stereocenters. The van der Waals surface area contributed by atoms with E-state index in [2.05, 4.69) is 0 Å². The first-order chi connectivity index (χ1) is 6.18. The van der Waals surface area contributed by atoms with Crippen molar-refractivity contribution in [2.45, 2.75) is 38.1 Å². The van der Waals surface area contributed by atoms with Gasteiger partial charge in [-0.15, -0.1) is 0 Å². The van der Waals surface area contributed by atoms with Gasteiger partial charge in [-0.2, -0.15) is 0 Å². The maximum atomic E-state index is 11.2. The fraction of sp³-hybridized carbons (Fsp3) is 0.900. The summed E-state index contributed by atoms with van der Waals surface area (Å²) in [6.07, 6.45) is 5.35. The first-order valence-corrected chi connectivity index (χ1v) is 5.01. The number of hydrogen-bond acceptors (Lipinski definition) is 3. The minimum Gasteiger partial charge on any atom is -0.469 e. The van der Waals surface area contributed by atoms with Crippen LogP contribution in [0.5, 0.6) is 0 Å². The summed E-state index contributed by atoms with van der Waals surface area (Å²) >= 11 is 0. The molecule has 1 unspecified atom stereocenters. The number of nitrogens with two attached hydrogens (primary N) is 1. The van der Waals surface area contributed by atoms with Crippen LogP contribution in [0, 0.1) is 11.3 Å². The molecule has 0 aromatic carbocycles. The Morgan fingerprint density at radius 2 is 2.00 bits per heavy atom. The van der Waals surface area contributed by atoms with Crippen LogP contribution in [0.25, 0.3) is 0 Å². The van der Waals surface area contributed by atoms with Gasteiger partial charge in [0.15, 0.2) is 0 Å². The topological polar surface area (TPSA) is 52.3 Å². The minimum absolute atomic E-state index is 0.0379. The van der Waals surface area contributed by atoms with E-state index in [4.69, 9.17) is 10.5 Å². The number of hydrogen-bond donors (Lipinski definition) is 1. The fourth-order valence-corrected chi connectivity index (χ4v) is 2.55. The molecule has 2 rings (SSSR count). The monoisotopic (exact) mass is 183 g/mol. The quantitative estimate of drug-likeness (QED) is 0.618. The van der Waals surface area contributed by atoms with E-state index in [1.54, 1.807) is 0 Å². The molecule has 0 aliphatic heterocycles. The van der Waals surface area contributed by atoms with Crippen molar-refractivity contribution in [3.8, 4) is 0 Å². The van der Waals surface area contributed by atoms with Crippen LogP contribution in [-0.2, 0) is 9.53 Å². The molecule has 0 amide bonds. The molecule has 0 saturated heterocycles. The second-order valence-corrected chi connectivity index (χ2v) is 4.47. The average molecular weight is 183 g/mol. The Bertz CT molecular complexity index is 219. The SMILES string of the molecule is COC(=O)C1CCC2(CC1)CC2N. The van der Waals surface area contributed by atoms with Gasteiger partial charge < -0.3 is 10.5 Å². The molecule has 0 bridgehead atoms. The highest BCUT2D eigenvalue weighted by Crippen LogP contribution is 2.56. The summed E-state index contributed by atoms with van der Waals surface area (Å²) in [5.41, 5.74) is 6.29. The highest BCUT2D eigenvalue weighted by Gasteiger charge is 2.53. The Labute approximate surface area is 78.6 Å². The Kier molecular flexibility index (Phi) is 2.06. The van der Waals surface area contributed by atoms with Crippen molar-refractivity contribution in [1.82, 2.24) is 0 Å². The lowest BCUT2D eigenvalue weighted by molar-refractivity contribution is -0.146. The van der Waals surface area contributed by atoms with Crippen molar-refractivity contribution >= 4 is 5.97 Å². The average Bonchev–Trinajstić information content (AvgIpc) is 2.76. The zero-order chi connectivity index (χ0) is 9.47. The van der Waals surface area contributed by atoms with Crippen LogP contribution in [0.3, 0.4) is 0 Å². The Morgan fingerprint density at radius 1 is 1.46 bits per heavy atom. The molecule has 2 aliphatic carbocycles. The van der Waals surface area contributed by atoms with Gasteiger partial charge >= 0.3 is 5.97 Å². The second kappa shape index (κ2) is 2.98. The van der Waals surface area contributed by atoms with Crippen LogP contribution in [0.2, 0.25) is 0 Å². The number of esters is 1. The minimum atomic E-state index is -0.0379. The molecular weight excluding hydrogens is 166 g/mol. The largest absolute Gasteiger partial charge is 0.469 e. The van der Waals surface area contributed by atoms with Gasteiger partial charge in [-0.05, 0) is 37.5 Å². The lowest BCUT2D eigenvalue weighted by Crippen LogP contribution is -2.26. The van der Waals surface area contributed by atoms with Crippen LogP contribution in [0.4, 0.5) is 0 Å². The van der Waals surface area contributed by atoms with Crippen molar-refractivity contribution in [3.63, 3.8) is 0 Å². The van der Waals surface area contributed by atoms with Gasteiger partial charge in [-0.3, -0.25) is 4.79 Å². The number of carbonyl (C=O) groups is 1. The van der Waals surface area contributed by atoms with Gasteiger partial charge in [0.2, 0.25) is 0 Å². The zero-order valence-electron chi connectivity index (χ0n) is 8.08. The van der Waals surface area contributed by atoms with Crippen molar-refractivity contribution < 1.29 is 9.53 Å². The number of carbonyl (C=O) groups excluding carboxylic acids is 1. The summed E-state index contributed by atoms with van der Waals surface area (Å²) in [6, 6.07) is 0.408. The molecule has 0 heterocycles. The van der Waals surface area contributed by atoms with E-state index < -0.39 is 0 Å². The molecule has 74 valence electrons. The van der Waals surface area contributed by atoms with Crippen LogP contribution >= 0.6 is 0 Å². The predicted octanol–water partition coefficient (Wildman–Crippen LogP) is 1.07. The molecule has 2 saturated carbocycles. The molecule has 2 aliphatic rings. The highest BCUT2D eigenvalue weighted by molar-refractivity contribution is 5.72. The van der Waals surface area contributed by atoms with Crippen LogP contribution in [-0.4, -0.2) is 19.1 Å². The Hall–Kier alpha value is -0.570. The summed E-state index contributed by atoms with van der Waals surface area (Å²) in [5, 5.41) is 0.